The molecule has 0 saturated heterocycles. The molecule has 0 bridgehead atoms. The third-order valence-corrected chi connectivity index (χ3v) is 12.7. The molecule has 0 spiro atoms. The zero-order valence-electron chi connectivity index (χ0n) is 21.5. The van der Waals surface area contributed by atoms with Crippen molar-refractivity contribution in [3.63, 3.8) is 0 Å². The smallest absolute Gasteiger partial charge is 0.221 e. The Morgan fingerprint density at radius 1 is 1.09 bits per heavy atom. The first-order chi connectivity index (χ1) is 15.8. The summed E-state index contributed by atoms with van der Waals surface area (Å²) in [6, 6.07) is 12.5. The number of carbonyl (C=O) groups is 1. The largest absolute Gasteiger partial charge is 0.416 e. The van der Waals surface area contributed by atoms with Crippen LogP contribution in [0.3, 0.4) is 0 Å². The molecular formula is C27H38Cl2N2O2Si. The van der Waals surface area contributed by atoms with Crippen molar-refractivity contribution >= 4 is 43.1 Å². The Hall–Kier alpha value is -1.37. The number of amides is 1. The molecule has 1 N–H and O–H groups in total. The molecule has 0 saturated carbocycles. The van der Waals surface area contributed by atoms with Crippen molar-refractivity contribution in [3.8, 4) is 0 Å². The molecule has 2 atom stereocenters. The predicted octanol–water partition coefficient (Wildman–Crippen LogP) is 7.87. The molecule has 1 amide bonds. The molecule has 2 aromatic rings. The highest BCUT2D eigenvalue weighted by Gasteiger charge is 2.37. The van der Waals surface area contributed by atoms with Gasteiger partial charge in [-0.1, -0.05) is 56.1 Å². The van der Waals surface area contributed by atoms with Gasteiger partial charge >= 0.3 is 0 Å². The fraction of sp³-hybridized carbons (Fsp3) is 0.519. The van der Waals surface area contributed by atoms with Gasteiger partial charge in [0.25, 0.3) is 0 Å². The van der Waals surface area contributed by atoms with E-state index in [-0.39, 0.29) is 22.9 Å². The summed E-state index contributed by atoms with van der Waals surface area (Å²) in [5.74, 6) is 0.175. The van der Waals surface area contributed by atoms with Crippen molar-refractivity contribution in [1.29, 1.82) is 0 Å². The van der Waals surface area contributed by atoms with Crippen LogP contribution in [-0.2, 0) is 9.22 Å². The molecule has 1 aliphatic carbocycles. The third kappa shape index (κ3) is 6.24. The van der Waals surface area contributed by atoms with Crippen molar-refractivity contribution in [2.75, 3.05) is 25.5 Å². The number of rotatable bonds is 7. The molecule has 0 heterocycles. The Morgan fingerprint density at radius 2 is 1.79 bits per heavy atom. The van der Waals surface area contributed by atoms with E-state index in [2.05, 4.69) is 69.3 Å². The lowest BCUT2D eigenvalue weighted by Crippen LogP contribution is -2.43. The van der Waals surface area contributed by atoms with Crippen LogP contribution >= 0.6 is 23.2 Å². The first-order valence-electron chi connectivity index (χ1n) is 12.0. The topological polar surface area (TPSA) is 41.6 Å². The summed E-state index contributed by atoms with van der Waals surface area (Å²) >= 11 is 12.5. The second kappa shape index (κ2) is 10.7. The number of carbonyl (C=O) groups excluding carboxylic acids is 1. The lowest BCUT2D eigenvalue weighted by molar-refractivity contribution is -0.114. The van der Waals surface area contributed by atoms with E-state index in [9.17, 15) is 4.79 Å². The molecule has 7 heteroatoms. The van der Waals surface area contributed by atoms with Crippen molar-refractivity contribution in [1.82, 2.24) is 4.90 Å². The van der Waals surface area contributed by atoms with Gasteiger partial charge in [-0.2, -0.15) is 0 Å². The van der Waals surface area contributed by atoms with E-state index < -0.39 is 8.32 Å². The Bertz CT molecular complexity index is 1040. The van der Waals surface area contributed by atoms with Gasteiger partial charge in [-0.25, -0.2) is 0 Å². The number of nitrogens with one attached hydrogen (secondary N) is 1. The summed E-state index contributed by atoms with van der Waals surface area (Å²) in [5.41, 5.74) is 4.53. The molecule has 0 aliphatic heterocycles. The van der Waals surface area contributed by atoms with E-state index in [0.29, 0.717) is 10.0 Å². The Kier molecular flexibility index (Phi) is 8.57. The minimum absolute atomic E-state index is 0.0653. The molecule has 0 aromatic heterocycles. The molecule has 0 fully saturated rings. The van der Waals surface area contributed by atoms with E-state index in [4.69, 9.17) is 27.6 Å². The van der Waals surface area contributed by atoms with Gasteiger partial charge in [0.15, 0.2) is 8.32 Å². The minimum Gasteiger partial charge on any atom is -0.416 e. The van der Waals surface area contributed by atoms with Crippen molar-refractivity contribution in [2.45, 2.75) is 70.6 Å². The van der Waals surface area contributed by atoms with Crippen LogP contribution in [0, 0.1) is 0 Å². The Labute approximate surface area is 216 Å². The van der Waals surface area contributed by atoms with Crippen LogP contribution in [0.1, 0.15) is 69.2 Å². The number of hydrogen-bond donors (Lipinski definition) is 1. The van der Waals surface area contributed by atoms with Crippen molar-refractivity contribution < 1.29 is 9.22 Å². The number of benzene rings is 2. The molecule has 0 radical (unpaired) electrons. The van der Waals surface area contributed by atoms with E-state index in [1.165, 1.54) is 16.7 Å². The third-order valence-electron chi connectivity index (χ3n) is 7.46. The van der Waals surface area contributed by atoms with E-state index in [1.54, 1.807) is 6.92 Å². The molecule has 3 rings (SSSR count). The lowest BCUT2D eigenvalue weighted by Gasteiger charge is -2.39. The van der Waals surface area contributed by atoms with Crippen LogP contribution in [0.25, 0.3) is 0 Å². The first kappa shape index (κ1) is 27.2. The molecular weight excluding hydrogens is 483 g/mol. The molecule has 34 heavy (non-hydrogen) atoms. The van der Waals surface area contributed by atoms with Crippen LogP contribution in [0.2, 0.25) is 28.2 Å². The number of fused-ring (bicyclic) bond motifs is 1. The van der Waals surface area contributed by atoms with Crippen LogP contribution < -0.4 is 5.32 Å². The average Bonchev–Trinajstić information content (AvgIpc) is 2.73. The standard InChI is InChI=1S/C27H38Cl2N2O2Si/c1-18(32)30-20-9-10-22-21(19-8-12-24(28)25(29)16-19)11-13-26(23(22)17-20)31(5)14-15-33-34(6,7)27(2,3)4/h8-10,12,16-17,21,26H,11,13-15H2,1-7H3,(H,30,32). The molecule has 2 aromatic carbocycles. The van der Waals surface area contributed by atoms with Gasteiger partial charge in [0.05, 0.1) is 10.0 Å². The van der Waals surface area contributed by atoms with E-state index in [1.807, 2.05) is 18.2 Å². The zero-order valence-corrected chi connectivity index (χ0v) is 24.0. The maximum atomic E-state index is 11.7. The lowest BCUT2D eigenvalue weighted by atomic mass is 9.76. The highest BCUT2D eigenvalue weighted by molar-refractivity contribution is 6.74. The minimum atomic E-state index is -1.78. The summed E-state index contributed by atoms with van der Waals surface area (Å²) in [5, 5.41) is 4.30. The van der Waals surface area contributed by atoms with E-state index >= 15 is 0 Å². The fourth-order valence-electron chi connectivity index (χ4n) is 4.45. The second-order valence-corrected chi connectivity index (χ2v) is 16.6. The van der Waals surface area contributed by atoms with Crippen LogP contribution in [0.5, 0.6) is 0 Å². The number of halogens is 2. The van der Waals surface area contributed by atoms with Crippen LogP contribution in [0.15, 0.2) is 36.4 Å². The van der Waals surface area contributed by atoms with Crippen LogP contribution in [0.4, 0.5) is 5.69 Å². The normalized spacial score (nSPS) is 18.6. The van der Waals surface area contributed by atoms with Gasteiger partial charge in [0.1, 0.15) is 0 Å². The summed E-state index contributed by atoms with van der Waals surface area (Å²) < 4.78 is 6.45. The molecule has 1 aliphatic rings. The zero-order chi connectivity index (χ0) is 25.3. The fourth-order valence-corrected chi connectivity index (χ4v) is 5.79. The van der Waals surface area contributed by atoms with Gasteiger partial charge in [0, 0.05) is 37.7 Å². The number of likely N-dealkylation sites (N-methyl/N-ethyl adjacent to an activating group) is 1. The van der Waals surface area contributed by atoms with Crippen LogP contribution in [-0.4, -0.2) is 39.3 Å². The summed E-state index contributed by atoms with van der Waals surface area (Å²) in [6.07, 6.45) is 2.03. The number of hydrogen-bond acceptors (Lipinski definition) is 3. The highest BCUT2D eigenvalue weighted by atomic mass is 35.5. The van der Waals surface area contributed by atoms with Gasteiger partial charge in [-0.15, -0.1) is 0 Å². The van der Waals surface area contributed by atoms with Gasteiger partial charge in [0.2, 0.25) is 5.91 Å². The summed E-state index contributed by atoms with van der Waals surface area (Å²) in [4.78, 5) is 14.1. The Morgan fingerprint density at radius 3 is 2.41 bits per heavy atom. The quantitative estimate of drug-likeness (QED) is 0.377. The van der Waals surface area contributed by atoms with Crippen molar-refractivity contribution in [2.24, 2.45) is 0 Å². The van der Waals surface area contributed by atoms with Crippen molar-refractivity contribution in [3.05, 3.63) is 63.1 Å². The average molecular weight is 522 g/mol. The first-order valence-corrected chi connectivity index (χ1v) is 15.7. The van der Waals surface area contributed by atoms with Gasteiger partial charge in [-0.05, 0) is 79.0 Å². The van der Waals surface area contributed by atoms with Gasteiger partial charge < -0.3 is 9.74 Å². The monoisotopic (exact) mass is 520 g/mol. The maximum absolute atomic E-state index is 11.7. The summed E-state index contributed by atoms with van der Waals surface area (Å²) in [6.45, 7) is 14.5. The number of anilines is 1. The molecule has 4 nitrogen and oxygen atoms in total. The summed E-state index contributed by atoms with van der Waals surface area (Å²) in [7, 11) is 0.392. The SMILES string of the molecule is CC(=O)Nc1ccc2c(c1)C(N(C)CCO[Si](C)(C)C(C)(C)C)CCC2c1ccc(Cl)c(Cl)c1. The Balaban J connectivity index is 1.87. The molecule has 2 unspecified atom stereocenters. The molecule has 186 valence electrons. The maximum Gasteiger partial charge on any atom is 0.221 e. The highest BCUT2D eigenvalue weighted by Crippen LogP contribution is 2.45. The second-order valence-electron chi connectivity index (χ2n) is 10.9. The number of nitrogens with zero attached hydrogens (tertiary/aromatic N) is 1. The predicted molar refractivity (Wildman–Crippen MR) is 147 cm³/mol. The van der Waals surface area contributed by atoms with E-state index in [0.717, 1.165) is 31.7 Å². The van der Waals surface area contributed by atoms with Gasteiger partial charge in [-0.3, -0.25) is 9.69 Å².